The van der Waals surface area contributed by atoms with E-state index in [1.807, 2.05) is 13.2 Å². The van der Waals surface area contributed by atoms with Crippen molar-refractivity contribution in [2.75, 3.05) is 7.05 Å². The van der Waals surface area contributed by atoms with E-state index in [-0.39, 0.29) is 0 Å². The summed E-state index contributed by atoms with van der Waals surface area (Å²) < 4.78 is 0. The molecule has 0 radical (unpaired) electrons. The molecule has 2 heteroatoms. The number of aromatic nitrogens is 1. The van der Waals surface area contributed by atoms with Crippen LogP contribution in [-0.2, 0) is 5.41 Å². The van der Waals surface area contributed by atoms with Gasteiger partial charge in [-0.1, -0.05) is 6.07 Å². The fourth-order valence-electron chi connectivity index (χ4n) is 5.62. The molecule has 1 atom stereocenters. The molecule has 0 spiro atoms. The summed E-state index contributed by atoms with van der Waals surface area (Å²) in [6, 6.07) is 2.85. The summed E-state index contributed by atoms with van der Waals surface area (Å²) in [4.78, 5) is 4.57. The Labute approximate surface area is 122 Å². The van der Waals surface area contributed by atoms with Gasteiger partial charge in [0.05, 0.1) is 0 Å². The first-order valence-electron chi connectivity index (χ1n) is 8.31. The minimum Gasteiger partial charge on any atom is -0.313 e. The zero-order valence-electron chi connectivity index (χ0n) is 12.7. The van der Waals surface area contributed by atoms with Crippen LogP contribution in [-0.4, -0.2) is 12.0 Å². The lowest BCUT2D eigenvalue weighted by molar-refractivity contribution is -0.00538. The standard InChI is InChI=1S/C18H26N2/c1-12(19-2)16-6-17(11-20-10-16)18-7-13-3-14(8-18)5-15(4-13)9-18/h6,10-15,19H,3-5,7-9H2,1-2H3. The van der Waals surface area contributed by atoms with Gasteiger partial charge in [0.25, 0.3) is 0 Å². The molecule has 4 aliphatic rings. The van der Waals surface area contributed by atoms with E-state index in [4.69, 9.17) is 0 Å². The van der Waals surface area contributed by atoms with Gasteiger partial charge in [-0.05, 0) is 86.8 Å². The van der Waals surface area contributed by atoms with Crippen molar-refractivity contribution in [2.24, 2.45) is 17.8 Å². The van der Waals surface area contributed by atoms with Crippen molar-refractivity contribution in [3.8, 4) is 0 Å². The Balaban J connectivity index is 1.70. The van der Waals surface area contributed by atoms with E-state index in [0.717, 1.165) is 17.8 Å². The molecule has 1 unspecified atom stereocenters. The largest absolute Gasteiger partial charge is 0.313 e. The Morgan fingerprint density at radius 3 is 2.25 bits per heavy atom. The maximum absolute atomic E-state index is 4.57. The van der Waals surface area contributed by atoms with Crippen molar-refractivity contribution in [1.82, 2.24) is 10.3 Å². The van der Waals surface area contributed by atoms with E-state index in [9.17, 15) is 0 Å². The normalized spacial score (nSPS) is 40.0. The van der Waals surface area contributed by atoms with Crippen LogP contribution in [0.15, 0.2) is 18.5 Å². The summed E-state index contributed by atoms with van der Waals surface area (Å²) in [7, 11) is 2.03. The number of rotatable bonds is 3. The zero-order chi connectivity index (χ0) is 13.7. The Kier molecular flexibility index (Phi) is 2.92. The van der Waals surface area contributed by atoms with Gasteiger partial charge in [-0.25, -0.2) is 0 Å². The zero-order valence-corrected chi connectivity index (χ0v) is 12.7. The second-order valence-corrected chi connectivity index (χ2v) is 7.72. The molecule has 4 fully saturated rings. The van der Waals surface area contributed by atoms with Crippen molar-refractivity contribution in [2.45, 2.75) is 56.9 Å². The fraction of sp³-hybridized carbons (Fsp3) is 0.722. The maximum atomic E-state index is 4.57. The van der Waals surface area contributed by atoms with E-state index in [0.29, 0.717) is 11.5 Å². The van der Waals surface area contributed by atoms with Crippen LogP contribution < -0.4 is 5.32 Å². The van der Waals surface area contributed by atoms with Crippen LogP contribution in [0.2, 0.25) is 0 Å². The number of pyridine rings is 1. The number of hydrogen-bond donors (Lipinski definition) is 1. The van der Waals surface area contributed by atoms with Crippen molar-refractivity contribution >= 4 is 0 Å². The van der Waals surface area contributed by atoms with Gasteiger partial charge in [0, 0.05) is 18.4 Å². The van der Waals surface area contributed by atoms with Gasteiger partial charge in [-0.15, -0.1) is 0 Å². The third-order valence-electron chi connectivity index (χ3n) is 6.34. The first-order chi connectivity index (χ1) is 9.68. The van der Waals surface area contributed by atoms with Gasteiger partial charge in [0.15, 0.2) is 0 Å². The summed E-state index contributed by atoms with van der Waals surface area (Å²) in [6.45, 7) is 2.22. The Bertz CT molecular complexity index is 473. The maximum Gasteiger partial charge on any atom is 0.0315 e. The third-order valence-corrected chi connectivity index (χ3v) is 6.34. The molecule has 1 aromatic heterocycles. The average molecular weight is 270 g/mol. The van der Waals surface area contributed by atoms with Crippen LogP contribution in [0.3, 0.4) is 0 Å². The third kappa shape index (κ3) is 1.92. The molecular weight excluding hydrogens is 244 g/mol. The molecule has 1 heterocycles. The smallest absolute Gasteiger partial charge is 0.0315 e. The molecule has 2 nitrogen and oxygen atoms in total. The van der Waals surface area contributed by atoms with E-state index in [1.165, 1.54) is 49.7 Å². The highest BCUT2D eigenvalue weighted by molar-refractivity contribution is 5.31. The SMILES string of the molecule is CNC(C)c1cncc(C23CC4CC(CC(C4)C2)C3)c1. The quantitative estimate of drug-likeness (QED) is 0.903. The molecular formula is C18H26N2. The fourth-order valence-corrected chi connectivity index (χ4v) is 5.62. The van der Waals surface area contributed by atoms with E-state index < -0.39 is 0 Å². The van der Waals surface area contributed by atoms with E-state index in [1.54, 1.807) is 0 Å². The van der Waals surface area contributed by atoms with Crippen molar-refractivity contribution in [1.29, 1.82) is 0 Å². The van der Waals surface area contributed by atoms with E-state index in [2.05, 4.69) is 29.5 Å². The lowest BCUT2D eigenvalue weighted by atomic mass is 9.48. The minimum absolute atomic E-state index is 0.399. The second-order valence-electron chi connectivity index (χ2n) is 7.72. The predicted octanol–water partition coefficient (Wildman–Crippen LogP) is 3.83. The molecule has 0 aromatic carbocycles. The Hall–Kier alpha value is -0.890. The number of nitrogens with zero attached hydrogens (tertiary/aromatic N) is 1. The van der Waals surface area contributed by atoms with Crippen LogP contribution in [0.5, 0.6) is 0 Å². The second kappa shape index (κ2) is 4.56. The first-order valence-corrected chi connectivity index (χ1v) is 8.31. The van der Waals surface area contributed by atoms with Crippen LogP contribution in [0, 0.1) is 17.8 Å². The molecule has 0 amide bonds. The summed E-state index contributed by atoms with van der Waals surface area (Å²) in [5, 5.41) is 3.34. The molecule has 20 heavy (non-hydrogen) atoms. The summed E-state index contributed by atoms with van der Waals surface area (Å²) >= 11 is 0. The molecule has 1 N–H and O–H groups in total. The monoisotopic (exact) mass is 270 g/mol. The molecule has 0 saturated heterocycles. The van der Waals surface area contributed by atoms with Gasteiger partial charge in [-0.3, -0.25) is 4.98 Å². The van der Waals surface area contributed by atoms with Gasteiger partial charge in [0.2, 0.25) is 0 Å². The average Bonchev–Trinajstić information content (AvgIpc) is 2.45. The molecule has 4 aliphatic carbocycles. The molecule has 4 saturated carbocycles. The lowest BCUT2D eigenvalue weighted by Gasteiger charge is -2.57. The molecule has 5 rings (SSSR count). The molecule has 1 aromatic rings. The summed E-state index contributed by atoms with van der Waals surface area (Å²) in [6.07, 6.45) is 13.0. The number of nitrogens with one attached hydrogen (secondary N) is 1. The lowest BCUT2D eigenvalue weighted by Crippen LogP contribution is -2.48. The summed E-state index contributed by atoms with van der Waals surface area (Å²) in [5.74, 6) is 3.02. The van der Waals surface area contributed by atoms with Crippen LogP contribution >= 0.6 is 0 Å². The predicted molar refractivity (Wildman–Crippen MR) is 81.6 cm³/mol. The van der Waals surface area contributed by atoms with Crippen molar-refractivity contribution in [3.63, 3.8) is 0 Å². The first kappa shape index (κ1) is 12.8. The summed E-state index contributed by atoms with van der Waals surface area (Å²) in [5.41, 5.74) is 3.36. The van der Waals surface area contributed by atoms with Gasteiger partial charge >= 0.3 is 0 Å². The molecule has 4 bridgehead atoms. The van der Waals surface area contributed by atoms with Gasteiger partial charge < -0.3 is 5.32 Å². The highest BCUT2D eigenvalue weighted by Crippen LogP contribution is 2.60. The topological polar surface area (TPSA) is 24.9 Å². The Morgan fingerprint density at radius 2 is 1.70 bits per heavy atom. The molecule has 108 valence electrons. The van der Waals surface area contributed by atoms with Crippen LogP contribution in [0.25, 0.3) is 0 Å². The number of hydrogen-bond acceptors (Lipinski definition) is 2. The minimum atomic E-state index is 0.399. The van der Waals surface area contributed by atoms with Gasteiger partial charge in [0.1, 0.15) is 0 Å². The van der Waals surface area contributed by atoms with Crippen LogP contribution in [0.4, 0.5) is 0 Å². The van der Waals surface area contributed by atoms with Crippen molar-refractivity contribution in [3.05, 3.63) is 29.6 Å². The van der Waals surface area contributed by atoms with Gasteiger partial charge in [-0.2, -0.15) is 0 Å². The highest BCUT2D eigenvalue weighted by atomic mass is 14.9. The van der Waals surface area contributed by atoms with E-state index >= 15 is 0 Å². The highest BCUT2D eigenvalue weighted by Gasteiger charge is 2.51. The molecule has 0 aliphatic heterocycles. The Morgan fingerprint density at radius 1 is 1.10 bits per heavy atom. The van der Waals surface area contributed by atoms with Crippen LogP contribution in [0.1, 0.15) is 62.6 Å². The van der Waals surface area contributed by atoms with Crippen molar-refractivity contribution < 1.29 is 0 Å².